The van der Waals surface area contributed by atoms with Gasteiger partial charge in [0, 0.05) is 22.8 Å². The molecule has 5 rings (SSSR count). The van der Waals surface area contributed by atoms with Gasteiger partial charge in [0.1, 0.15) is 12.4 Å². The van der Waals surface area contributed by atoms with Gasteiger partial charge in [0.25, 0.3) is 0 Å². The second-order valence-corrected chi connectivity index (χ2v) is 10.3. The van der Waals surface area contributed by atoms with E-state index in [1.54, 1.807) is 6.20 Å². The smallest absolute Gasteiger partial charge is 0.341 e. The van der Waals surface area contributed by atoms with E-state index in [1.165, 1.54) is 12.7 Å². The highest BCUT2D eigenvalue weighted by Crippen LogP contribution is 2.35. The van der Waals surface area contributed by atoms with E-state index in [2.05, 4.69) is 22.0 Å². The number of aromatic nitrogens is 2. The molecule has 1 aliphatic rings. The summed E-state index contributed by atoms with van der Waals surface area (Å²) in [5.41, 5.74) is 4.26. The van der Waals surface area contributed by atoms with Crippen LogP contribution < -0.4 is 9.64 Å². The SMILES string of the molecule is COC(=O)c1cnc(N2CCCC2c2ccc(Cl)cc2)nc1CCc1ccccc1OCc1ccc(Cl)cc1. The largest absolute Gasteiger partial charge is 0.489 e. The van der Waals surface area contributed by atoms with Crippen molar-refractivity contribution in [2.75, 3.05) is 18.6 Å². The number of nitrogens with zero attached hydrogens (tertiary/aromatic N) is 3. The van der Waals surface area contributed by atoms with Crippen molar-refractivity contribution in [1.82, 2.24) is 9.97 Å². The molecule has 0 amide bonds. The highest BCUT2D eigenvalue weighted by molar-refractivity contribution is 6.30. The number of rotatable bonds is 9. The Hall–Kier alpha value is -3.61. The first kappa shape index (κ1) is 27.0. The summed E-state index contributed by atoms with van der Waals surface area (Å²) in [5.74, 6) is 0.963. The first-order valence-electron chi connectivity index (χ1n) is 12.9. The molecule has 0 aliphatic carbocycles. The maximum atomic E-state index is 12.6. The first-order valence-corrected chi connectivity index (χ1v) is 13.7. The molecule has 1 fully saturated rings. The highest BCUT2D eigenvalue weighted by Gasteiger charge is 2.29. The molecule has 0 saturated carbocycles. The number of benzene rings is 3. The van der Waals surface area contributed by atoms with Crippen LogP contribution >= 0.6 is 23.2 Å². The molecule has 3 aromatic carbocycles. The summed E-state index contributed by atoms with van der Waals surface area (Å²) >= 11 is 12.1. The fraction of sp³-hybridized carbons (Fsp3) is 0.258. The van der Waals surface area contributed by atoms with Crippen molar-refractivity contribution in [3.05, 3.63) is 117 Å². The Morgan fingerprint density at radius 2 is 1.69 bits per heavy atom. The monoisotopic (exact) mass is 561 g/mol. The Morgan fingerprint density at radius 3 is 2.44 bits per heavy atom. The van der Waals surface area contributed by atoms with E-state index >= 15 is 0 Å². The maximum absolute atomic E-state index is 12.6. The molecule has 0 spiro atoms. The molecule has 1 saturated heterocycles. The average molecular weight is 562 g/mol. The molecular formula is C31H29Cl2N3O3. The Bertz CT molecular complexity index is 1430. The Morgan fingerprint density at radius 1 is 0.974 bits per heavy atom. The molecule has 200 valence electrons. The predicted molar refractivity (Wildman–Crippen MR) is 154 cm³/mol. The van der Waals surface area contributed by atoms with Crippen molar-refractivity contribution >= 4 is 35.1 Å². The van der Waals surface area contributed by atoms with E-state index in [0.29, 0.717) is 46.7 Å². The number of carbonyl (C=O) groups is 1. The molecule has 8 heteroatoms. The molecule has 0 radical (unpaired) electrons. The van der Waals surface area contributed by atoms with Crippen LogP contribution in [0.2, 0.25) is 10.0 Å². The van der Waals surface area contributed by atoms with Gasteiger partial charge in [-0.25, -0.2) is 14.8 Å². The zero-order valence-corrected chi connectivity index (χ0v) is 23.2. The van der Waals surface area contributed by atoms with E-state index in [1.807, 2.05) is 60.7 Å². The van der Waals surface area contributed by atoms with Gasteiger partial charge in [-0.2, -0.15) is 0 Å². The summed E-state index contributed by atoms with van der Waals surface area (Å²) in [5, 5.41) is 1.40. The lowest BCUT2D eigenvalue weighted by molar-refractivity contribution is 0.0598. The Balaban J connectivity index is 1.36. The summed E-state index contributed by atoms with van der Waals surface area (Å²) < 4.78 is 11.2. The number of carbonyl (C=O) groups excluding carboxylic acids is 1. The summed E-state index contributed by atoms with van der Waals surface area (Å²) in [4.78, 5) is 24.3. The number of para-hydroxylation sites is 1. The van der Waals surface area contributed by atoms with Gasteiger partial charge in [0.2, 0.25) is 5.95 Å². The van der Waals surface area contributed by atoms with Gasteiger partial charge in [-0.15, -0.1) is 0 Å². The molecule has 39 heavy (non-hydrogen) atoms. The number of anilines is 1. The summed E-state index contributed by atoms with van der Waals surface area (Å²) in [7, 11) is 1.37. The zero-order chi connectivity index (χ0) is 27.2. The minimum atomic E-state index is -0.445. The first-order chi connectivity index (χ1) is 19.0. The molecule has 0 bridgehead atoms. The van der Waals surface area contributed by atoms with Crippen LogP contribution in [0.15, 0.2) is 79.0 Å². The second-order valence-electron chi connectivity index (χ2n) is 9.45. The maximum Gasteiger partial charge on any atom is 0.341 e. The van der Waals surface area contributed by atoms with Crippen molar-refractivity contribution in [3.8, 4) is 5.75 Å². The zero-order valence-electron chi connectivity index (χ0n) is 21.6. The van der Waals surface area contributed by atoms with Gasteiger partial charge < -0.3 is 14.4 Å². The normalized spacial score (nSPS) is 14.8. The predicted octanol–water partition coefficient (Wildman–Crippen LogP) is 7.28. The molecule has 1 aliphatic heterocycles. The van der Waals surface area contributed by atoms with Gasteiger partial charge in [0.05, 0.1) is 24.4 Å². The molecule has 2 heterocycles. The van der Waals surface area contributed by atoms with Crippen LogP contribution in [-0.2, 0) is 24.2 Å². The molecular weight excluding hydrogens is 533 g/mol. The molecule has 1 aromatic heterocycles. The summed E-state index contributed by atoms with van der Waals surface area (Å²) in [6, 6.07) is 23.6. The van der Waals surface area contributed by atoms with Gasteiger partial charge in [0.15, 0.2) is 0 Å². The minimum absolute atomic E-state index is 0.154. The van der Waals surface area contributed by atoms with Crippen molar-refractivity contribution in [2.24, 2.45) is 0 Å². The van der Waals surface area contributed by atoms with E-state index < -0.39 is 5.97 Å². The lowest BCUT2D eigenvalue weighted by Gasteiger charge is -2.25. The molecule has 1 unspecified atom stereocenters. The quantitative estimate of drug-likeness (QED) is 0.200. The van der Waals surface area contributed by atoms with Crippen LogP contribution in [0.3, 0.4) is 0 Å². The Labute approximate surface area is 238 Å². The average Bonchev–Trinajstić information content (AvgIpc) is 3.46. The third-order valence-corrected chi connectivity index (χ3v) is 7.44. The number of hydrogen-bond acceptors (Lipinski definition) is 6. The van der Waals surface area contributed by atoms with E-state index in [9.17, 15) is 4.79 Å². The topological polar surface area (TPSA) is 64.5 Å². The highest BCUT2D eigenvalue weighted by atomic mass is 35.5. The second kappa shape index (κ2) is 12.5. The van der Waals surface area contributed by atoms with E-state index in [4.69, 9.17) is 37.7 Å². The molecule has 4 aromatic rings. The fourth-order valence-corrected chi connectivity index (χ4v) is 5.15. The van der Waals surface area contributed by atoms with Gasteiger partial charge in [-0.05, 0) is 72.7 Å². The summed E-state index contributed by atoms with van der Waals surface area (Å²) in [6.07, 6.45) is 4.78. The number of halogens is 2. The van der Waals surface area contributed by atoms with Crippen molar-refractivity contribution in [3.63, 3.8) is 0 Å². The number of ether oxygens (including phenoxy) is 2. The van der Waals surface area contributed by atoms with Crippen LogP contribution in [0.5, 0.6) is 5.75 Å². The number of esters is 1. The van der Waals surface area contributed by atoms with E-state index in [0.717, 1.165) is 36.3 Å². The standard InChI is InChI=1S/C31H29Cl2N3O3/c1-38-30(37)26-19-34-31(36-18-4-6-28(36)22-10-15-25(33)16-11-22)35-27(26)17-12-23-5-2-3-7-29(23)39-20-21-8-13-24(32)14-9-21/h2-3,5,7-11,13-16,19,28H,4,6,12,17-18,20H2,1H3. The third-order valence-electron chi connectivity index (χ3n) is 6.94. The molecule has 1 atom stereocenters. The third kappa shape index (κ3) is 6.52. The minimum Gasteiger partial charge on any atom is -0.489 e. The lowest BCUT2D eigenvalue weighted by Crippen LogP contribution is -2.26. The van der Waals surface area contributed by atoms with Crippen LogP contribution in [0.4, 0.5) is 5.95 Å². The van der Waals surface area contributed by atoms with Crippen molar-refractivity contribution in [2.45, 2.75) is 38.3 Å². The van der Waals surface area contributed by atoms with Gasteiger partial charge >= 0.3 is 5.97 Å². The lowest BCUT2D eigenvalue weighted by atomic mass is 10.0. The Kier molecular flexibility index (Phi) is 8.64. The van der Waals surface area contributed by atoms with Crippen molar-refractivity contribution < 1.29 is 14.3 Å². The van der Waals surface area contributed by atoms with Crippen molar-refractivity contribution in [1.29, 1.82) is 0 Å². The fourth-order valence-electron chi connectivity index (χ4n) is 4.90. The molecule has 6 nitrogen and oxygen atoms in total. The number of aryl methyl sites for hydroxylation is 2. The van der Waals surface area contributed by atoms with Gasteiger partial charge in [-0.1, -0.05) is 65.7 Å². The van der Waals surface area contributed by atoms with Gasteiger partial charge in [-0.3, -0.25) is 0 Å². The molecule has 0 N–H and O–H groups in total. The number of methoxy groups -OCH3 is 1. The summed E-state index contributed by atoms with van der Waals surface area (Å²) in [6.45, 7) is 1.27. The number of hydrogen-bond donors (Lipinski definition) is 0. The van der Waals surface area contributed by atoms with Crippen LogP contribution in [0.25, 0.3) is 0 Å². The van der Waals surface area contributed by atoms with E-state index in [-0.39, 0.29) is 6.04 Å². The van der Waals surface area contributed by atoms with Crippen LogP contribution in [-0.4, -0.2) is 29.6 Å². The van der Waals surface area contributed by atoms with Crippen LogP contribution in [0.1, 0.15) is 51.6 Å². The van der Waals surface area contributed by atoms with Crippen LogP contribution in [0, 0.1) is 0 Å².